The Kier molecular flexibility index (Phi) is 4.54. The molecule has 2 aromatic rings. The molecule has 0 radical (unpaired) electrons. The number of hydrogen-bond donors (Lipinski definition) is 2. The average molecular weight is 312 g/mol. The molecule has 0 fully saturated rings. The van der Waals surface area contributed by atoms with Gasteiger partial charge in [-0.05, 0) is 36.2 Å². The fraction of sp³-hybridized carbons (Fsp3) is 0.143. The number of halogens is 2. The van der Waals surface area contributed by atoms with E-state index in [1.54, 1.807) is 18.2 Å². The van der Waals surface area contributed by atoms with Crippen LogP contribution in [0.4, 0.5) is 14.5 Å². The van der Waals surface area contributed by atoms with Crippen molar-refractivity contribution in [3.05, 3.63) is 59.7 Å². The molecular weight excluding hydrogens is 298 g/mol. The number of hydrogen-bond acceptors (Lipinski definition) is 3. The first-order valence-electron chi connectivity index (χ1n) is 6.18. The van der Waals surface area contributed by atoms with Crippen molar-refractivity contribution in [3.8, 4) is 0 Å². The van der Waals surface area contributed by atoms with Gasteiger partial charge in [-0.25, -0.2) is 21.9 Å². The van der Waals surface area contributed by atoms with E-state index < -0.39 is 15.8 Å². The predicted octanol–water partition coefficient (Wildman–Crippen LogP) is 2.07. The van der Waals surface area contributed by atoms with Crippen LogP contribution in [0.5, 0.6) is 0 Å². The van der Waals surface area contributed by atoms with Gasteiger partial charge in [-0.15, -0.1) is 0 Å². The summed E-state index contributed by atoms with van der Waals surface area (Å²) in [5.41, 5.74) is 5.51. The van der Waals surface area contributed by atoms with Crippen molar-refractivity contribution >= 4 is 15.7 Å². The van der Waals surface area contributed by atoms with E-state index >= 15 is 0 Å². The minimum atomic E-state index is -3.80. The molecule has 3 N–H and O–H groups in total. The molecule has 0 heterocycles. The summed E-state index contributed by atoms with van der Waals surface area (Å²) in [7, 11) is -3.80. The molecule has 0 bridgehead atoms. The van der Waals surface area contributed by atoms with Crippen LogP contribution >= 0.6 is 0 Å². The highest BCUT2D eigenvalue weighted by molar-refractivity contribution is 7.89. The van der Waals surface area contributed by atoms with Crippen molar-refractivity contribution in [2.24, 2.45) is 0 Å². The average Bonchev–Trinajstić information content (AvgIpc) is 2.44. The molecule has 21 heavy (non-hydrogen) atoms. The van der Waals surface area contributed by atoms with Gasteiger partial charge in [0.25, 0.3) is 0 Å². The lowest BCUT2D eigenvalue weighted by atomic mass is 10.1. The maximum absolute atomic E-state index is 13.4. The minimum Gasteiger partial charge on any atom is -0.396 e. The number of nitrogens with two attached hydrogens (primary N) is 1. The van der Waals surface area contributed by atoms with Gasteiger partial charge in [0.2, 0.25) is 10.0 Å². The normalized spacial score (nSPS) is 11.5. The second-order valence-electron chi connectivity index (χ2n) is 4.42. The molecule has 0 aliphatic rings. The Labute approximate surface area is 121 Å². The van der Waals surface area contributed by atoms with Crippen molar-refractivity contribution in [1.29, 1.82) is 0 Å². The van der Waals surface area contributed by atoms with Gasteiger partial charge in [-0.3, -0.25) is 0 Å². The lowest BCUT2D eigenvalue weighted by molar-refractivity contribution is 0.577. The van der Waals surface area contributed by atoms with Gasteiger partial charge in [0.1, 0.15) is 11.6 Å². The van der Waals surface area contributed by atoms with Gasteiger partial charge in [0.05, 0.1) is 10.6 Å². The number of anilines is 1. The van der Waals surface area contributed by atoms with Crippen LogP contribution in [0.1, 0.15) is 5.56 Å². The number of nitrogen functional groups attached to an aromatic ring is 1. The topological polar surface area (TPSA) is 72.2 Å². The molecule has 0 aliphatic heterocycles. The second-order valence-corrected chi connectivity index (χ2v) is 6.19. The summed E-state index contributed by atoms with van der Waals surface area (Å²) in [6.45, 7) is 0.0283. The highest BCUT2D eigenvalue weighted by Crippen LogP contribution is 2.16. The number of rotatable bonds is 5. The molecule has 2 rings (SSSR count). The second kappa shape index (κ2) is 6.19. The predicted molar refractivity (Wildman–Crippen MR) is 76.1 cm³/mol. The summed E-state index contributed by atoms with van der Waals surface area (Å²) < 4.78 is 52.7. The highest BCUT2D eigenvalue weighted by Gasteiger charge is 2.15. The zero-order valence-corrected chi connectivity index (χ0v) is 11.8. The summed E-state index contributed by atoms with van der Waals surface area (Å²) >= 11 is 0. The third-order valence-corrected chi connectivity index (χ3v) is 4.38. The maximum atomic E-state index is 13.4. The molecule has 0 unspecified atom stereocenters. The van der Waals surface area contributed by atoms with Crippen LogP contribution in [-0.4, -0.2) is 15.0 Å². The minimum absolute atomic E-state index is 0.0283. The summed E-state index contributed by atoms with van der Waals surface area (Å²) in [6.07, 6.45) is 0.211. The molecule has 0 amide bonds. The smallest absolute Gasteiger partial charge is 0.240 e. The van der Waals surface area contributed by atoms with E-state index in [1.807, 2.05) is 0 Å². The summed E-state index contributed by atoms with van der Waals surface area (Å²) in [5, 5.41) is 0. The van der Waals surface area contributed by atoms with Crippen LogP contribution in [0.3, 0.4) is 0 Å². The summed E-state index contributed by atoms with van der Waals surface area (Å²) in [4.78, 5) is -0.130. The summed E-state index contributed by atoms with van der Waals surface area (Å²) in [5.74, 6) is -1.07. The lowest BCUT2D eigenvalue weighted by Gasteiger charge is -2.08. The van der Waals surface area contributed by atoms with Crippen molar-refractivity contribution in [1.82, 2.24) is 4.72 Å². The van der Waals surface area contributed by atoms with E-state index in [4.69, 9.17) is 5.73 Å². The zero-order valence-electron chi connectivity index (χ0n) is 11.0. The SMILES string of the molecule is Nc1cc(S(=O)(=O)NCCc2ccccc2F)ccc1F. The molecule has 0 aromatic heterocycles. The Hall–Kier alpha value is -1.99. The number of nitrogens with one attached hydrogen (secondary N) is 1. The molecule has 0 atom stereocenters. The van der Waals surface area contributed by atoms with Crippen LogP contribution in [0.25, 0.3) is 0 Å². The maximum Gasteiger partial charge on any atom is 0.240 e. The summed E-state index contributed by atoms with van der Waals surface area (Å²) in [6, 6.07) is 9.28. The van der Waals surface area contributed by atoms with Crippen LogP contribution in [-0.2, 0) is 16.4 Å². The number of sulfonamides is 1. The first kappa shape index (κ1) is 15.4. The van der Waals surface area contributed by atoms with Crippen LogP contribution < -0.4 is 10.5 Å². The standard InChI is InChI=1S/C14H14F2N2O2S/c15-12-4-2-1-3-10(12)7-8-18-21(19,20)11-5-6-13(16)14(17)9-11/h1-6,9,18H,7-8,17H2. The monoisotopic (exact) mass is 312 g/mol. The van der Waals surface area contributed by atoms with Crippen molar-refractivity contribution in [2.75, 3.05) is 12.3 Å². The first-order valence-corrected chi connectivity index (χ1v) is 7.66. The van der Waals surface area contributed by atoms with E-state index in [-0.39, 0.29) is 29.4 Å². The third kappa shape index (κ3) is 3.77. The highest BCUT2D eigenvalue weighted by atomic mass is 32.2. The molecule has 0 aliphatic carbocycles. The van der Waals surface area contributed by atoms with Crippen LogP contribution in [0.15, 0.2) is 47.4 Å². The van der Waals surface area contributed by atoms with Gasteiger partial charge in [0.15, 0.2) is 0 Å². The van der Waals surface area contributed by atoms with E-state index in [0.717, 1.165) is 18.2 Å². The molecule has 0 saturated heterocycles. The van der Waals surface area contributed by atoms with Gasteiger partial charge >= 0.3 is 0 Å². The molecule has 0 spiro atoms. The van der Waals surface area contributed by atoms with Gasteiger partial charge in [-0.2, -0.15) is 0 Å². The fourth-order valence-corrected chi connectivity index (χ4v) is 2.86. The Balaban J connectivity index is 2.05. The first-order chi connectivity index (χ1) is 9.90. The Morgan fingerprint density at radius 2 is 1.76 bits per heavy atom. The van der Waals surface area contributed by atoms with Gasteiger partial charge in [0, 0.05) is 6.54 Å². The van der Waals surface area contributed by atoms with Crippen molar-refractivity contribution < 1.29 is 17.2 Å². The Morgan fingerprint density at radius 3 is 2.43 bits per heavy atom. The van der Waals surface area contributed by atoms with Crippen molar-refractivity contribution in [3.63, 3.8) is 0 Å². The van der Waals surface area contributed by atoms with Crippen molar-refractivity contribution in [2.45, 2.75) is 11.3 Å². The molecule has 0 saturated carbocycles. The quantitative estimate of drug-likeness (QED) is 0.830. The van der Waals surface area contributed by atoms with E-state index in [2.05, 4.69) is 4.72 Å². The molecule has 7 heteroatoms. The molecule has 112 valence electrons. The molecule has 4 nitrogen and oxygen atoms in total. The lowest BCUT2D eigenvalue weighted by Crippen LogP contribution is -2.26. The van der Waals surface area contributed by atoms with E-state index in [0.29, 0.717) is 5.56 Å². The fourth-order valence-electron chi connectivity index (χ4n) is 1.79. The third-order valence-electron chi connectivity index (χ3n) is 2.92. The Bertz CT molecular complexity index is 748. The van der Waals surface area contributed by atoms with E-state index in [9.17, 15) is 17.2 Å². The number of benzene rings is 2. The van der Waals surface area contributed by atoms with E-state index in [1.165, 1.54) is 6.07 Å². The Morgan fingerprint density at radius 1 is 1.05 bits per heavy atom. The molecule has 2 aromatic carbocycles. The van der Waals surface area contributed by atoms with Crippen LogP contribution in [0.2, 0.25) is 0 Å². The van der Waals surface area contributed by atoms with Gasteiger partial charge in [-0.1, -0.05) is 18.2 Å². The molecular formula is C14H14F2N2O2S. The van der Waals surface area contributed by atoms with Crippen LogP contribution in [0, 0.1) is 11.6 Å². The van der Waals surface area contributed by atoms with Gasteiger partial charge < -0.3 is 5.73 Å². The largest absolute Gasteiger partial charge is 0.396 e. The zero-order chi connectivity index (χ0) is 15.5.